The van der Waals surface area contributed by atoms with Crippen molar-refractivity contribution < 1.29 is 9.84 Å². The van der Waals surface area contributed by atoms with Crippen molar-refractivity contribution in [3.8, 4) is 0 Å². The minimum atomic E-state index is -0.456. The van der Waals surface area contributed by atoms with Crippen LogP contribution in [0.2, 0.25) is 0 Å². The Morgan fingerprint density at radius 2 is 2.33 bits per heavy atom. The minimum Gasteiger partial charge on any atom is -0.389 e. The Labute approximate surface area is 90.5 Å². The van der Waals surface area contributed by atoms with E-state index >= 15 is 0 Å². The van der Waals surface area contributed by atoms with E-state index in [2.05, 4.69) is 4.98 Å². The lowest BCUT2D eigenvalue weighted by Gasteiger charge is -2.18. The first-order valence-electron chi connectivity index (χ1n) is 4.99. The van der Waals surface area contributed by atoms with Crippen molar-refractivity contribution in [1.82, 2.24) is 4.98 Å². The summed E-state index contributed by atoms with van der Waals surface area (Å²) in [5.74, 6) is 0.852. The summed E-state index contributed by atoms with van der Waals surface area (Å²) in [5, 5.41) is 9.44. The van der Waals surface area contributed by atoms with E-state index in [1.807, 2.05) is 24.1 Å². The second-order valence-corrected chi connectivity index (χ2v) is 3.54. The summed E-state index contributed by atoms with van der Waals surface area (Å²) in [7, 11) is 3.63. The van der Waals surface area contributed by atoms with Crippen LogP contribution in [0.4, 0.5) is 5.82 Å². The Morgan fingerprint density at radius 3 is 2.93 bits per heavy atom. The fraction of sp³-hybridized carbons (Fsp3) is 0.545. The van der Waals surface area contributed by atoms with Crippen LogP contribution < -0.4 is 4.90 Å². The number of ether oxygens (including phenoxy) is 1. The smallest absolute Gasteiger partial charge is 0.128 e. The molecule has 1 aromatic rings. The maximum Gasteiger partial charge on any atom is 0.128 e. The van der Waals surface area contributed by atoms with Gasteiger partial charge in [0, 0.05) is 26.9 Å². The summed E-state index contributed by atoms with van der Waals surface area (Å²) < 4.78 is 4.99. The molecular formula is C11H18N2O2. The predicted octanol–water partition coefficient (Wildman–Crippen LogP) is 1.22. The van der Waals surface area contributed by atoms with Gasteiger partial charge in [-0.2, -0.15) is 0 Å². The Kier molecular flexibility index (Phi) is 4.52. The zero-order chi connectivity index (χ0) is 11.3. The number of aliphatic hydroxyl groups excluding tert-OH is 1. The van der Waals surface area contributed by atoms with Crippen LogP contribution >= 0.6 is 0 Å². The SMILES string of the molecule is COCCN(C)c1cc([C@H](C)O)ccn1. The topological polar surface area (TPSA) is 45.6 Å². The molecule has 15 heavy (non-hydrogen) atoms. The van der Waals surface area contributed by atoms with Gasteiger partial charge < -0.3 is 14.7 Å². The molecule has 1 heterocycles. The van der Waals surface area contributed by atoms with Crippen LogP contribution in [0.1, 0.15) is 18.6 Å². The first kappa shape index (κ1) is 11.9. The molecule has 0 aliphatic heterocycles. The van der Waals surface area contributed by atoms with Gasteiger partial charge in [-0.25, -0.2) is 4.98 Å². The molecule has 0 aliphatic rings. The molecule has 1 rings (SSSR count). The average Bonchev–Trinajstić information content (AvgIpc) is 2.26. The van der Waals surface area contributed by atoms with E-state index < -0.39 is 6.10 Å². The van der Waals surface area contributed by atoms with Crippen molar-refractivity contribution in [1.29, 1.82) is 0 Å². The van der Waals surface area contributed by atoms with Gasteiger partial charge in [0.25, 0.3) is 0 Å². The number of aromatic nitrogens is 1. The molecule has 1 atom stereocenters. The number of anilines is 1. The van der Waals surface area contributed by atoms with Gasteiger partial charge in [-0.15, -0.1) is 0 Å². The third-order valence-electron chi connectivity index (χ3n) is 2.27. The molecule has 4 heteroatoms. The van der Waals surface area contributed by atoms with E-state index in [0.29, 0.717) is 6.61 Å². The van der Waals surface area contributed by atoms with Crippen molar-refractivity contribution >= 4 is 5.82 Å². The molecule has 0 aliphatic carbocycles. The lowest BCUT2D eigenvalue weighted by molar-refractivity contribution is 0.199. The summed E-state index contributed by atoms with van der Waals surface area (Å²) in [5.41, 5.74) is 0.879. The van der Waals surface area contributed by atoms with Crippen LogP contribution in [-0.4, -0.2) is 37.4 Å². The molecule has 1 N–H and O–H groups in total. The molecule has 0 spiro atoms. The van der Waals surface area contributed by atoms with Gasteiger partial charge in [0.2, 0.25) is 0 Å². The summed E-state index contributed by atoms with van der Waals surface area (Å²) >= 11 is 0. The largest absolute Gasteiger partial charge is 0.389 e. The van der Waals surface area contributed by atoms with E-state index in [9.17, 15) is 5.11 Å². The zero-order valence-electron chi connectivity index (χ0n) is 9.47. The molecular weight excluding hydrogens is 192 g/mol. The average molecular weight is 210 g/mol. The van der Waals surface area contributed by atoms with Crippen LogP contribution in [0.3, 0.4) is 0 Å². The van der Waals surface area contributed by atoms with E-state index in [1.165, 1.54) is 0 Å². The molecule has 0 saturated carbocycles. The molecule has 0 saturated heterocycles. The lowest BCUT2D eigenvalue weighted by Crippen LogP contribution is -2.23. The summed E-state index contributed by atoms with van der Waals surface area (Å²) in [4.78, 5) is 6.23. The van der Waals surface area contributed by atoms with Crippen molar-refractivity contribution in [2.24, 2.45) is 0 Å². The summed E-state index contributed by atoms with van der Waals surface area (Å²) in [6.07, 6.45) is 1.25. The van der Waals surface area contributed by atoms with E-state index in [1.54, 1.807) is 20.2 Å². The van der Waals surface area contributed by atoms with Gasteiger partial charge in [-0.1, -0.05) is 0 Å². The second-order valence-electron chi connectivity index (χ2n) is 3.54. The van der Waals surface area contributed by atoms with Crippen LogP contribution in [-0.2, 0) is 4.74 Å². The number of rotatable bonds is 5. The Morgan fingerprint density at radius 1 is 1.60 bits per heavy atom. The van der Waals surface area contributed by atoms with Gasteiger partial charge >= 0.3 is 0 Å². The molecule has 84 valence electrons. The van der Waals surface area contributed by atoms with Crippen LogP contribution in [0.5, 0.6) is 0 Å². The lowest BCUT2D eigenvalue weighted by atomic mass is 10.2. The second kappa shape index (κ2) is 5.68. The van der Waals surface area contributed by atoms with E-state index in [0.717, 1.165) is 17.9 Å². The number of methoxy groups -OCH3 is 1. The number of hydrogen-bond acceptors (Lipinski definition) is 4. The summed E-state index contributed by atoms with van der Waals surface area (Å²) in [6, 6.07) is 3.71. The molecule has 0 bridgehead atoms. The van der Waals surface area contributed by atoms with Crippen molar-refractivity contribution in [3.63, 3.8) is 0 Å². The molecule has 4 nitrogen and oxygen atoms in total. The van der Waals surface area contributed by atoms with E-state index in [-0.39, 0.29) is 0 Å². The standard InChI is InChI=1S/C11H18N2O2/c1-9(14)10-4-5-12-11(8-10)13(2)6-7-15-3/h4-5,8-9,14H,6-7H2,1-3H3/t9-/m0/s1. The molecule has 0 fully saturated rings. The number of pyridine rings is 1. The molecule has 0 amide bonds. The fourth-order valence-corrected chi connectivity index (χ4v) is 1.25. The van der Waals surface area contributed by atoms with E-state index in [4.69, 9.17) is 4.74 Å². The molecule has 0 aromatic carbocycles. The van der Waals surface area contributed by atoms with Gasteiger partial charge in [0.1, 0.15) is 5.82 Å². The first-order valence-corrected chi connectivity index (χ1v) is 4.99. The molecule has 0 radical (unpaired) electrons. The minimum absolute atomic E-state index is 0.456. The van der Waals surface area contributed by atoms with Gasteiger partial charge in [0.05, 0.1) is 12.7 Å². The highest BCUT2D eigenvalue weighted by Crippen LogP contribution is 2.16. The van der Waals surface area contributed by atoms with Crippen LogP contribution in [0, 0.1) is 0 Å². The highest BCUT2D eigenvalue weighted by molar-refractivity contribution is 5.40. The highest BCUT2D eigenvalue weighted by atomic mass is 16.5. The number of likely N-dealkylation sites (N-methyl/N-ethyl adjacent to an activating group) is 1. The van der Waals surface area contributed by atoms with Crippen molar-refractivity contribution in [2.75, 3.05) is 32.2 Å². The van der Waals surface area contributed by atoms with Crippen LogP contribution in [0.25, 0.3) is 0 Å². The zero-order valence-corrected chi connectivity index (χ0v) is 9.47. The number of hydrogen-bond donors (Lipinski definition) is 1. The molecule has 0 unspecified atom stereocenters. The van der Waals surface area contributed by atoms with Gasteiger partial charge in [-0.05, 0) is 24.6 Å². The number of aliphatic hydroxyl groups is 1. The quantitative estimate of drug-likeness (QED) is 0.793. The first-order chi connectivity index (χ1) is 7.15. The van der Waals surface area contributed by atoms with Crippen molar-refractivity contribution in [2.45, 2.75) is 13.0 Å². The fourth-order valence-electron chi connectivity index (χ4n) is 1.25. The Bertz CT molecular complexity index is 302. The molecule has 1 aromatic heterocycles. The monoisotopic (exact) mass is 210 g/mol. The Balaban J connectivity index is 2.71. The van der Waals surface area contributed by atoms with Gasteiger partial charge in [0.15, 0.2) is 0 Å². The van der Waals surface area contributed by atoms with Gasteiger partial charge in [-0.3, -0.25) is 0 Å². The van der Waals surface area contributed by atoms with Crippen molar-refractivity contribution in [3.05, 3.63) is 23.9 Å². The number of nitrogens with zero attached hydrogens (tertiary/aromatic N) is 2. The third-order valence-corrected chi connectivity index (χ3v) is 2.27. The maximum atomic E-state index is 9.44. The third kappa shape index (κ3) is 3.49. The Hall–Kier alpha value is -1.13. The summed E-state index contributed by atoms with van der Waals surface area (Å²) in [6.45, 7) is 3.19. The van der Waals surface area contributed by atoms with Crippen LogP contribution in [0.15, 0.2) is 18.3 Å². The predicted molar refractivity (Wildman–Crippen MR) is 60.0 cm³/mol. The maximum absolute atomic E-state index is 9.44. The highest BCUT2D eigenvalue weighted by Gasteiger charge is 2.05. The normalized spacial score (nSPS) is 12.5.